The van der Waals surface area contributed by atoms with Gasteiger partial charge in [0.1, 0.15) is 5.75 Å². The van der Waals surface area contributed by atoms with E-state index in [1.54, 1.807) is 12.1 Å². The van der Waals surface area contributed by atoms with E-state index in [4.69, 9.17) is 0 Å². The number of rotatable bonds is 6. The van der Waals surface area contributed by atoms with Crippen molar-refractivity contribution in [2.24, 2.45) is 0 Å². The zero-order valence-corrected chi connectivity index (χ0v) is 28.7. The number of hydrogen-bond acceptors (Lipinski definition) is 2. The first kappa shape index (κ1) is 31.9. The molecule has 0 amide bonds. The largest absolute Gasteiger partial charge is 0.573 e. The van der Waals surface area contributed by atoms with Crippen LogP contribution in [0.4, 0.5) is 30.2 Å². The van der Waals surface area contributed by atoms with E-state index in [0.717, 1.165) is 33.6 Å². The van der Waals surface area contributed by atoms with Gasteiger partial charge in [-0.1, -0.05) is 135 Å². The summed E-state index contributed by atoms with van der Waals surface area (Å²) in [6.45, 7) is 4.49. The molecule has 0 saturated carbocycles. The van der Waals surface area contributed by atoms with Crippen molar-refractivity contribution in [2.75, 3.05) is 4.90 Å². The van der Waals surface area contributed by atoms with Gasteiger partial charge in [0.15, 0.2) is 0 Å². The van der Waals surface area contributed by atoms with E-state index in [9.17, 15) is 13.2 Å². The van der Waals surface area contributed by atoms with E-state index >= 15 is 0 Å². The Kier molecular flexibility index (Phi) is 7.20. The highest BCUT2D eigenvalue weighted by molar-refractivity contribution is 5.90. The van der Waals surface area contributed by atoms with Crippen molar-refractivity contribution in [2.45, 2.75) is 31.0 Å². The summed E-state index contributed by atoms with van der Waals surface area (Å²) in [6.07, 6.45) is -4.78. The average Bonchev–Trinajstić information content (AvgIpc) is 3.58. The van der Waals surface area contributed by atoms with Gasteiger partial charge in [-0.2, -0.15) is 0 Å². The highest BCUT2D eigenvalue weighted by Gasteiger charge is 2.46. The van der Waals surface area contributed by atoms with E-state index in [1.807, 2.05) is 12.1 Å². The van der Waals surface area contributed by atoms with Crippen LogP contribution in [0.25, 0.3) is 22.3 Å². The molecular weight excluding hydrogens is 652 g/mol. The lowest BCUT2D eigenvalue weighted by atomic mass is 9.67. The number of benzene rings is 7. The summed E-state index contributed by atoms with van der Waals surface area (Å²) in [7, 11) is 0. The van der Waals surface area contributed by atoms with Gasteiger partial charge < -0.3 is 9.64 Å². The first-order valence-electron chi connectivity index (χ1n) is 17.4. The Bertz CT molecular complexity index is 2410. The van der Waals surface area contributed by atoms with Gasteiger partial charge in [-0.05, 0) is 104 Å². The van der Waals surface area contributed by atoms with Gasteiger partial charge >= 0.3 is 6.36 Å². The van der Waals surface area contributed by atoms with Crippen molar-refractivity contribution in [3.05, 3.63) is 203 Å². The Morgan fingerprint density at radius 1 is 0.442 bits per heavy atom. The Labute approximate surface area is 301 Å². The molecular formula is C47H34F3NO. The predicted octanol–water partition coefficient (Wildman–Crippen LogP) is 12.7. The molecule has 0 spiro atoms. The maximum Gasteiger partial charge on any atom is 0.573 e. The summed E-state index contributed by atoms with van der Waals surface area (Å²) in [5.41, 5.74) is 13.5. The second-order valence-electron chi connectivity index (χ2n) is 14.0. The molecule has 0 N–H and O–H groups in total. The van der Waals surface area contributed by atoms with Crippen LogP contribution in [0.5, 0.6) is 5.75 Å². The molecule has 2 nitrogen and oxygen atoms in total. The van der Waals surface area contributed by atoms with Crippen LogP contribution in [0.2, 0.25) is 0 Å². The minimum atomic E-state index is -4.78. The van der Waals surface area contributed by atoms with E-state index in [2.05, 4.69) is 157 Å². The topological polar surface area (TPSA) is 12.5 Å². The molecule has 9 rings (SSSR count). The lowest BCUT2D eigenvalue weighted by Gasteiger charge is -2.35. The monoisotopic (exact) mass is 685 g/mol. The number of halogens is 3. The van der Waals surface area contributed by atoms with Crippen molar-refractivity contribution in [3.63, 3.8) is 0 Å². The maximum atomic E-state index is 13.2. The summed E-state index contributed by atoms with van der Waals surface area (Å²) in [5, 5.41) is 0. The predicted molar refractivity (Wildman–Crippen MR) is 203 cm³/mol. The smallest absolute Gasteiger partial charge is 0.406 e. The van der Waals surface area contributed by atoms with Gasteiger partial charge in [-0.25, -0.2) is 0 Å². The standard InChI is InChI=1S/C47H34F3NO/c1-45(2)41-19-11-9-17-37(41)39-27-23-34(29-43(39)45)51(33-21-25-36(26-22-33)52-47(48,49)50)35-24-28-40-38-18-10-12-20-42(38)46(44(40)30-35,31-13-5-3-6-14-31)32-15-7-4-8-16-32/h3-30H,1-2H3. The molecule has 0 saturated heterocycles. The quantitative estimate of drug-likeness (QED) is 0.173. The zero-order chi connectivity index (χ0) is 35.7. The third-order valence-electron chi connectivity index (χ3n) is 10.9. The second-order valence-corrected chi connectivity index (χ2v) is 14.0. The summed E-state index contributed by atoms with van der Waals surface area (Å²) < 4.78 is 43.9. The molecule has 2 aliphatic rings. The van der Waals surface area contributed by atoms with E-state index in [1.165, 1.54) is 45.5 Å². The Morgan fingerprint density at radius 3 is 1.46 bits per heavy atom. The fourth-order valence-electron chi connectivity index (χ4n) is 8.65. The molecule has 7 aromatic rings. The third kappa shape index (κ3) is 4.87. The van der Waals surface area contributed by atoms with Crippen LogP contribution in [-0.2, 0) is 10.8 Å². The average molecular weight is 686 g/mol. The third-order valence-corrected chi connectivity index (χ3v) is 10.9. The van der Waals surface area contributed by atoms with Crippen molar-refractivity contribution in [1.82, 2.24) is 0 Å². The first-order valence-corrected chi connectivity index (χ1v) is 17.4. The first-order chi connectivity index (χ1) is 25.2. The Hall–Kier alpha value is -6.07. The van der Waals surface area contributed by atoms with Crippen molar-refractivity contribution in [1.29, 1.82) is 0 Å². The molecule has 0 radical (unpaired) electrons. The summed E-state index contributed by atoms with van der Waals surface area (Å²) in [6, 6.07) is 57.6. The van der Waals surface area contributed by atoms with Crippen molar-refractivity contribution < 1.29 is 17.9 Å². The molecule has 7 aromatic carbocycles. The number of nitrogens with zero attached hydrogens (tertiary/aromatic N) is 1. The molecule has 52 heavy (non-hydrogen) atoms. The molecule has 5 heteroatoms. The number of alkyl halides is 3. The van der Waals surface area contributed by atoms with Gasteiger partial charge in [0.05, 0.1) is 5.41 Å². The minimum Gasteiger partial charge on any atom is -0.406 e. The van der Waals surface area contributed by atoms with E-state index < -0.39 is 11.8 Å². The highest BCUT2D eigenvalue weighted by atomic mass is 19.4. The van der Waals surface area contributed by atoms with Crippen LogP contribution in [0.1, 0.15) is 47.2 Å². The number of anilines is 3. The SMILES string of the molecule is CC1(C)c2ccccc2-c2ccc(N(c3ccc(OC(F)(F)F)cc3)c3ccc4c(c3)C(c3ccccc3)(c3ccccc3)c3ccccc3-4)cc21. The van der Waals surface area contributed by atoms with Crippen molar-refractivity contribution >= 4 is 17.1 Å². The number of ether oxygens (including phenoxy) is 1. The van der Waals surface area contributed by atoms with Crippen molar-refractivity contribution in [3.8, 4) is 28.0 Å². The fraction of sp³-hybridized carbons (Fsp3) is 0.106. The molecule has 0 aromatic heterocycles. The van der Waals surface area contributed by atoms with Crippen LogP contribution in [-0.4, -0.2) is 6.36 Å². The van der Waals surface area contributed by atoms with Crippen LogP contribution in [0.15, 0.2) is 170 Å². The van der Waals surface area contributed by atoms with Gasteiger partial charge in [-0.3, -0.25) is 0 Å². The van der Waals surface area contributed by atoms with Crippen LogP contribution in [0, 0.1) is 0 Å². The lowest BCUT2D eigenvalue weighted by Crippen LogP contribution is -2.28. The molecule has 0 unspecified atom stereocenters. The minimum absolute atomic E-state index is 0.243. The molecule has 0 fully saturated rings. The maximum absolute atomic E-state index is 13.2. The van der Waals surface area contributed by atoms with Gasteiger partial charge in [0.2, 0.25) is 0 Å². The van der Waals surface area contributed by atoms with Gasteiger partial charge in [-0.15, -0.1) is 13.2 Å². The number of hydrogen-bond donors (Lipinski definition) is 0. The second kappa shape index (κ2) is 11.7. The molecule has 0 bridgehead atoms. The normalized spacial score (nSPS) is 14.6. The van der Waals surface area contributed by atoms with E-state index in [-0.39, 0.29) is 11.2 Å². The Morgan fingerprint density at radius 2 is 0.885 bits per heavy atom. The molecule has 0 atom stereocenters. The Balaban J connectivity index is 1.28. The molecule has 0 aliphatic heterocycles. The van der Waals surface area contributed by atoms with Crippen LogP contribution >= 0.6 is 0 Å². The summed E-state index contributed by atoms with van der Waals surface area (Å²) in [4.78, 5) is 2.14. The zero-order valence-electron chi connectivity index (χ0n) is 28.7. The van der Waals surface area contributed by atoms with Gasteiger partial charge in [0, 0.05) is 22.5 Å². The van der Waals surface area contributed by atoms with Crippen LogP contribution in [0.3, 0.4) is 0 Å². The fourth-order valence-corrected chi connectivity index (χ4v) is 8.65. The highest BCUT2D eigenvalue weighted by Crippen LogP contribution is 2.57. The summed E-state index contributed by atoms with van der Waals surface area (Å²) >= 11 is 0. The molecule has 0 heterocycles. The van der Waals surface area contributed by atoms with E-state index in [0.29, 0.717) is 5.69 Å². The molecule has 2 aliphatic carbocycles. The number of fused-ring (bicyclic) bond motifs is 6. The van der Waals surface area contributed by atoms with Crippen LogP contribution < -0.4 is 9.64 Å². The van der Waals surface area contributed by atoms with Gasteiger partial charge in [0.25, 0.3) is 0 Å². The lowest BCUT2D eigenvalue weighted by molar-refractivity contribution is -0.274. The summed E-state index contributed by atoms with van der Waals surface area (Å²) in [5.74, 6) is -0.265. The molecule has 254 valence electrons.